The summed E-state index contributed by atoms with van der Waals surface area (Å²) in [5.74, 6) is -0.113. The van der Waals surface area contributed by atoms with Crippen LogP contribution < -0.4 is 5.73 Å². The van der Waals surface area contributed by atoms with E-state index < -0.39 is 11.7 Å². The molecule has 0 aliphatic carbocycles. The summed E-state index contributed by atoms with van der Waals surface area (Å²) in [5, 5.41) is 0.469. The molecule has 88 valence electrons. The van der Waals surface area contributed by atoms with Gasteiger partial charge in [-0.1, -0.05) is 11.8 Å². The van der Waals surface area contributed by atoms with Gasteiger partial charge >= 0.3 is 6.18 Å². The summed E-state index contributed by atoms with van der Waals surface area (Å²) in [7, 11) is 0. The second-order valence-corrected chi connectivity index (χ2v) is 4.71. The summed E-state index contributed by atoms with van der Waals surface area (Å²) in [6.45, 7) is 1.09. The van der Waals surface area contributed by atoms with Crippen molar-refractivity contribution in [2.24, 2.45) is 0 Å². The summed E-state index contributed by atoms with van der Waals surface area (Å²) in [6.07, 6.45) is -4.39. The van der Waals surface area contributed by atoms with Gasteiger partial charge in [0.05, 0.1) is 29.1 Å². The van der Waals surface area contributed by atoms with E-state index in [9.17, 15) is 13.2 Å². The SMILES string of the molecule is Nc1cc(C(F)(F)F)cc(SC2COC2)n1. The molecule has 2 rings (SSSR count). The van der Waals surface area contributed by atoms with Gasteiger partial charge in [0.25, 0.3) is 0 Å². The van der Waals surface area contributed by atoms with Gasteiger partial charge in [-0.3, -0.25) is 0 Å². The van der Waals surface area contributed by atoms with Gasteiger partial charge in [-0.25, -0.2) is 4.98 Å². The molecule has 2 N–H and O–H groups in total. The van der Waals surface area contributed by atoms with Crippen LogP contribution in [0.3, 0.4) is 0 Å². The van der Waals surface area contributed by atoms with Crippen LogP contribution in [0, 0.1) is 0 Å². The fourth-order valence-corrected chi connectivity index (χ4v) is 2.23. The zero-order chi connectivity index (χ0) is 11.8. The molecule has 1 saturated heterocycles. The molecule has 2 heterocycles. The third-order valence-corrected chi connectivity index (χ3v) is 3.10. The molecular formula is C9H9F3N2OS. The third-order valence-electron chi connectivity index (χ3n) is 2.04. The van der Waals surface area contributed by atoms with E-state index in [1.54, 1.807) is 0 Å². The van der Waals surface area contributed by atoms with Gasteiger partial charge in [0.1, 0.15) is 5.82 Å². The maximum atomic E-state index is 12.5. The van der Waals surface area contributed by atoms with Crippen molar-refractivity contribution in [2.75, 3.05) is 18.9 Å². The van der Waals surface area contributed by atoms with Crippen molar-refractivity contribution in [2.45, 2.75) is 16.5 Å². The number of ether oxygens (including phenoxy) is 1. The molecule has 1 aromatic rings. The first-order valence-electron chi connectivity index (χ1n) is 4.54. The van der Waals surface area contributed by atoms with Crippen molar-refractivity contribution < 1.29 is 17.9 Å². The number of hydrogen-bond acceptors (Lipinski definition) is 4. The molecule has 7 heteroatoms. The van der Waals surface area contributed by atoms with E-state index in [1.807, 2.05) is 0 Å². The van der Waals surface area contributed by atoms with Crippen LogP contribution in [0.15, 0.2) is 17.2 Å². The van der Waals surface area contributed by atoms with Crippen LogP contribution in [0.25, 0.3) is 0 Å². The molecular weight excluding hydrogens is 241 g/mol. The van der Waals surface area contributed by atoms with Crippen LogP contribution in [-0.2, 0) is 10.9 Å². The molecule has 16 heavy (non-hydrogen) atoms. The van der Waals surface area contributed by atoms with E-state index >= 15 is 0 Å². The van der Waals surface area contributed by atoms with Crippen LogP contribution >= 0.6 is 11.8 Å². The van der Waals surface area contributed by atoms with Crippen molar-refractivity contribution in [1.82, 2.24) is 4.98 Å². The van der Waals surface area contributed by atoms with Gasteiger partial charge in [0.2, 0.25) is 0 Å². The second-order valence-electron chi connectivity index (χ2n) is 3.39. The minimum Gasteiger partial charge on any atom is -0.384 e. The molecule has 0 aromatic carbocycles. The lowest BCUT2D eigenvalue weighted by atomic mass is 10.2. The van der Waals surface area contributed by atoms with E-state index in [0.717, 1.165) is 12.1 Å². The molecule has 1 fully saturated rings. The summed E-state index contributed by atoms with van der Waals surface area (Å²) in [5.41, 5.74) is 4.57. The lowest BCUT2D eigenvalue weighted by Gasteiger charge is -2.24. The van der Waals surface area contributed by atoms with E-state index in [2.05, 4.69) is 4.98 Å². The van der Waals surface area contributed by atoms with Crippen molar-refractivity contribution in [3.8, 4) is 0 Å². The lowest BCUT2D eigenvalue weighted by molar-refractivity contribution is -0.137. The molecule has 0 saturated carbocycles. The zero-order valence-corrected chi connectivity index (χ0v) is 8.94. The number of nitrogens with zero attached hydrogens (tertiary/aromatic N) is 1. The maximum absolute atomic E-state index is 12.5. The first-order valence-corrected chi connectivity index (χ1v) is 5.42. The summed E-state index contributed by atoms with van der Waals surface area (Å²) >= 11 is 1.26. The number of aromatic nitrogens is 1. The fraction of sp³-hybridized carbons (Fsp3) is 0.444. The predicted octanol–water partition coefficient (Wildman–Crippen LogP) is 2.17. The van der Waals surface area contributed by atoms with Gasteiger partial charge in [-0.15, -0.1) is 0 Å². The summed E-state index contributed by atoms with van der Waals surface area (Å²) in [6, 6.07) is 1.85. The van der Waals surface area contributed by atoms with Crippen LogP contribution in [0.2, 0.25) is 0 Å². The van der Waals surface area contributed by atoms with E-state index in [4.69, 9.17) is 10.5 Å². The Morgan fingerprint density at radius 3 is 2.56 bits per heavy atom. The van der Waals surface area contributed by atoms with Crippen LogP contribution in [0.4, 0.5) is 19.0 Å². The number of pyridine rings is 1. The van der Waals surface area contributed by atoms with Crippen LogP contribution in [0.1, 0.15) is 5.56 Å². The molecule has 0 unspecified atom stereocenters. The zero-order valence-electron chi connectivity index (χ0n) is 8.12. The Hall–Kier alpha value is -0.950. The molecule has 0 atom stereocenters. The molecule has 3 nitrogen and oxygen atoms in total. The molecule has 1 aliphatic rings. The number of thioether (sulfide) groups is 1. The standard InChI is InChI=1S/C9H9F3N2OS/c10-9(11,12)5-1-7(13)14-8(2-5)16-6-3-15-4-6/h1-2,6H,3-4H2,(H2,13,14). The van der Waals surface area contributed by atoms with Crippen LogP contribution in [0.5, 0.6) is 0 Å². The highest BCUT2D eigenvalue weighted by atomic mass is 32.2. The average molecular weight is 250 g/mol. The number of halogens is 3. The van der Waals surface area contributed by atoms with Crippen molar-refractivity contribution in [1.29, 1.82) is 0 Å². The van der Waals surface area contributed by atoms with E-state index in [-0.39, 0.29) is 11.1 Å². The first kappa shape index (κ1) is 11.5. The highest BCUT2D eigenvalue weighted by Gasteiger charge is 2.32. The smallest absolute Gasteiger partial charge is 0.384 e. The molecule has 0 spiro atoms. The first-order chi connectivity index (χ1) is 7.45. The molecule has 0 radical (unpaired) electrons. The minimum absolute atomic E-state index is 0.113. The van der Waals surface area contributed by atoms with Crippen molar-refractivity contribution in [3.05, 3.63) is 17.7 Å². The Balaban J connectivity index is 2.21. The Bertz CT molecular complexity index is 393. The van der Waals surface area contributed by atoms with E-state index in [0.29, 0.717) is 18.2 Å². The Morgan fingerprint density at radius 1 is 1.38 bits per heavy atom. The fourth-order valence-electron chi connectivity index (χ4n) is 1.20. The Kier molecular flexibility index (Phi) is 2.98. The largest absolute Gasteiger partial charge is 0.416 e. The number of hydrogen-bond donors (Lipinski definition) is 1. The van der Waals surface area contributed by atoms with Gasteiger partial charge in [-0.05, 0) is 12.1 Å². The number of anilines is 1. The topological polar surface area (TPSA) is 48.1 Å². The number of nitrogens with two attached hydrogens (primary N) is 1. The lowest BCUT2D eigenvalue weighted by Crippen LogP contribution is -2.30. The van der Waals surface area contributed by atoms with Crippen molar-refractivity contribution in [3.63, 3.8) is 0 Å². The van der Waals surface area contributed by atoms with Gasteiger partial charge in [-0.2, -0.15) is 13.2 Å². The predicted molar refractivity (Wildman–Crippen MR) is 54.1 cm³/mol. The Morgan fingerprint density at radius 2 is 2.06 bits per heavy atom. The minimum atomic E-state index is -4.39. The monoisotopic (exact) mass is 250 g/mol. The van der Waals surface area contributed by atoms with Crippen LogP contribution in [-0.4, -0.2) is 23.4 Å². The number of nitrogen functional groups attached to an aromatic ring is 1. The summed E-state index contributed by atoms with van der Waals surface area (Å²) in [4.78, 5) is 3.85. The molecule has 0 amide bonds. The molecule has 0 bridgehead atoms. The number of alkyl halides is 3. The summed E-state index contributed by atoms with van der Waals surface area (Å²) < 4.78 is 42.3. The van der Waals surface area contributed by atoms with Gasteiger partial charge in [0, 0.05) is 0 Å². The van der Waals surface area contributed by atoms with Gasteiger partial charge in [0.15, 0.2) is 0 Å². The van der Waals surface area contributed by atoms with Gasteiger partial charge < -0.3 is 10.5 Å². The highest BCUT2D eigenvalue weighted by Crippen LogP contribution is 2.34. The molecule has 1 aliphatic heterocycles. The third kappa shape index (κ3) is 2.59. The Labute approximate surface area is 94.2 Å². The normalized spacial score (nSPS) is 17.2. The second kappa shape index (κ2) is 4.14. The molecule has 1 aromatic heterocycles. The maximum Gasteiger partial charge on any atom is 0.416 e. The van der Waals surface area contributed by atoms with Crippen molar-refractivity contribution >= 4 is 17.6 Å². The highest BCUT2D eigenvalue weighted by molar-refractivity contribution is 8.00. The average Bonchev–Trinajstić information content (AvgIpc) is 2.09. The number of rotatable bonds is 2. The van der Waals surface area contributed by atoms with E-state index in [1.165, 1.54) is 11.8 Å². The quantitative estimate of drug-likeness (QED) is 0.874.